The molecule has 1 heterocycles. The van der Waals surface area contributed by atoms with Crippen molar-refractivity contribution in [2.24, 2.45) is 5.92 Å². The zero-order valence-corrected chi connectivity index (χ0v) is 33.8. The molecule has 3 aliphatic rings. The van der Waals surface area contributed by atoms with Crippen LogP contribution in [-0.4, -0.2) is 18.3 Å². The highest BCUT2D eigenvalue weighted by Gasteiger charge is 2.52. The first-order chi connectivity index (χ1) is 27.5. The molecule has 0 aromatic heterocycles. The molecule has 0 spiro atoms. The number of rotatable bonds is 7. The van der Waals surface area contributed by atoms with E-state index in [-0.39, 0.29) is 5.92 Å². The lowest BCUT2D eigenvalue weighted by Gasteiger charge is -2.34. The zero-order valence-electron chi connectivity index (χ0n) is 33.8. The highest BCUT2D eigenvalue weighted by atomic mass is 16.7. The standard InChI is InChI=1S/C54H49BO2/c1-35(2)33-36-19-21-37(22-20-36)39-25-32-47-48(34-39)43-13-7-8-16-46(43)51(47)38-23-26-40(27-24-38)54(49-17-11-9-14-44(49)45-15-10-12-18-50(45)54)41-28-30-42(31-29-41)55-56-52(3,4)53(5,6)57-55/h7-32,34-35,51H,33H2,1-6H3. The summed E-state index contributed by atoms with van der Waals surface area (Å²) in [6.45, 7) is 13.0. The Morgan fingerprint density at radius 3 is 1.61 bits per heavy atom. The van der Waals surface area contributed by atoms with Crippen molar-refractivity contribution in [3.05, 3.63) is 208 Å². The van der Waals surface area contributed by atoms with Gasteiger partial charge < -0.3 is 9.31 Å². The molecule has 1 atom stereocenters. The van der Waals surface area contributed by atoms with Crippen LogP contribution in [0.25, 0.3) is 33.4 Å². The van der Waals surface area contributed by atoms with Gasteiger partial charge in [-0.25, -0.2) is 0 Å². The topological polar surface area (TPSA) is 18.5 Å². The van der Waals surface area contributed by atoms with E-state index in [4.69, 9.17) is 9.31 Å². The van der Waals surface area contributed by atoms with Gasteiger partial charge in [-0.3, -0.25) is 0 Å². The summed E-state index contributed by atoms with van der Waals surface area (Å²) >= 11 is 0. The molecule has 1 unspecified atom stereocenters. The second-order valence-electron chi connectivity index (χ2n) is 17.8. The first kappa shape index (κ1) is 35.9. The maximum absolute atomic E-state index is 6.47. The van der Waals surface area contributed by atoms with Crippen molar-refractivity contribution in [3.8, 4) is 33.4 Å². The molecule has 0 N–H and O–H groups in total. The molecule has 0 radical (unpaired) electrons. The normalized spacial score (nSPS) is 17.9. The third kappa shape index (κ3) is 5.62. The highest BCUT2D eigenvalue weighted by molar-refractivity contribution is 6.62. The number of fused-ring (bicyclic) bond motifs is 6. The van der Waals surface area contributed by atoms with E-state index in [2.05, 4.69) is 205 Å². The molecule has 280 valence electrons. The lowest BCUT2D eigenvalue weighted by molar-refractivity contribution is 0.00578. The fraction of sp³-hybridized carbons (Fsp3) is 0.222. The lowest BCUT2D eigenvalue weighted by atomic mass is 9.66. The second-order valence-corrected chi connectivity index (χ2v) is 17.8. The van der Waals surface area contributed by atoms with Crippen molar-refractivity contribution in [1.29, 1.82) is 0 Å². The van der Waals surface area contributed by atoms with Crippen molar-refractivity contribution < 1.29 is 9.31 Å². The largest absolute Gasteiger partial charge is 0.494 e. The van der Waals surface area contributed by atoms with Gasteiger partial charge >= 0.3 is 7.12 Å². The first-order valence-corrected chi connectivity index (χ1v) is 20.6. The average molecular weight is 741 g/mol. The summed E-state index contributed by atoms with van der Waals surface area (Å²) in [7, 11) is -0.411. The summed E-state index contributed by atoms with van der Waals surface area (Å²) in [4.78, 5) is 0. The summed E-state index contributed by atoms with van der Waals surface area (Å²) < 4.78 is 12.9. The second kappa shape index (κ2) is 13.3. The van der Waals surface area contributed by atoms with Crippen molar-refractivity contribution >= 4 is 12.6 Å². The minimum absolute atomic E-state index is 0.158. The van der Waals surface area contributed by atoms with E-state index in [1.807, 2.05) is 0 Å². The lowest BCUT2D eigenvalue weighted by Crippen LogP contribution is -2.41. The summed E-state index contributed by atoms with van der Waals surface area (Å²) in [6, 6.07) is 61.7. The molecule has 0 saturated carbocycles. The van der Waals surface area contributed by atoms with Crippen LogP contribution in [-0.2, 0) is 21.1 Å². The van der Waals surface area contributed by atoms with E-state index < -0.39 is 23.7 Å². The number of hydrogen-bond donors (Lipinski definition) is 0. The predicted molar refractivity (Wildman–Crippen MR) is 236 cm³/mol. The van der Waals surface area contributed by atoms with Crippen LogP contribution < -0.4 is 5.46 Å². The van der Waals surface area contributed by atoms with Gasteiger partial charge in [-0.15, -0.1) is 0 Å². The van der Waals surface area contributed by atoms with Crippen molar-refractivity contribution in [2.45, 2.75) is 70.5 Å². The summed E-state index contributed by atoms with van der Waals surface area (Å²) in [5, 5.41) is 0. The van der Waals surface area contributed by atoms with E-state index in [1.54, 1.807) is 0 Å². The quantitative estimate of drug-likeness (QED) is 0.152. The molecule has 7 aromatic rings. The van der Waals surface area contributed by atoms with E-state index >= 15 is 0 Å². The molecule has 1 fully saturated rings. The van der Waals surface area contributed by atoms with Gasteiger partial charge in [-0.05, 0) is 129 Å². The van der Waals surface area contributed by atoms with Gasteiger partial charge in [0.1, 0.15) is 0 Å². The molecule has 3 heteroatoms. The maximum Gasteiger partial charge on any atom is 0.494 e. The van der Waals surface area contributed by atoms with Gasteiger partial charge in [0.05, 0.1) is 16.6 Å². The maximum atomic E-state index is 6.47. The minimum Gasteiger partial charge on any atom is -0.399 e. The molecule has 1 saturated heterocycles. The molecule has 7 aromatic carbocycles. The summed E-state index contributed by atoms with van der Waals surface area (Å²) in [5.74, 6) is 0.805. The van der Waals surface area contributed by atoms with Gasteiger partial charge in [-0.2, -0.15) is 0 Å². The van der Waals surface area contributed by atoms with E-state index in [0.717, 1.165) is 11.9 Å². The van der Waals surface area contributed by atoms with Crippen molar-refractivity contribution in [2.75, 3.05) is 0 Å². The van der Waals surface area contributed by atoms with Crippen LogP contribution in [0.3, 0.4) is 0 Å². The summed E-state index contributed by atoms with van der Waals surface area (Å²) in [6.07, 6.45) is 1.10. The summed E-state index contributed by atoms with van der Waals surface area (Å²) in [5.41, 5.74) is 18.1. The molecule has 0 amide bonds. The Balaban J connectivity index is 1.06. The van der Waals surface area contributed by atoms with E-state index in [9.17, 15) is 0 Å². The van der Waals surface area contributed by atoms with Crippen LogP contribution in [0.5, 0.6) is 0 Å². The fourth-order valence-corrected chi connectivity index (χ4v) is 9.86. The molecule has 2 nitrogen and oxygen atoms in total. The average Bonchev–Trinajstić information content (AvgIpc) is 3.79. The van der Waals surface area contributed by atoms with Gasteiger partial charge in [0, 0.05) is 5.92 Å². The van der Waals surface area contributed by atoms with Gasteiger partial charge in [-0.1, -0.05) is 172 Å². The Kier molecular flexibility index (Phi) is 8.38. The molecule has 0 bridgehead atoms. The zero-order chi connectivity index (χ0) is 39.1. The predicted octanol–water partition coefficient (Wildman–Crippen LogP) is 12.4. The van der Waals surface area contributed by atoms with Crippen LogP contribution in [0.1, 0.15) is 92.0 Å². The van der Waals surface area contributed by atoms with E-state index in [1.165, 1.54) is 77.9 Å². The third-order valence-corrected chi connectivity index (χ3v) is 13.4. The van der Waals surface area contributed by atoms with Crippen LogP contribution >= 0.6 is 0 Å². The fourth-order valence-electron chi connectivity index (χ4n) is 9.86. The van der Waals surface area contributed by atoms with Crippen molar-refractivity contribution in [1.82, 2.24) is 0 Å². The number of hydrogen-bond acceptors (Lipinski definition) is 2. The molecule has 1 aliphatic heterocycles. The Labute approximate surface area is 338 Å². The van der Waals surface area contributed by atoms with Gasteiger partial charge in [0.25, 0.3) is 0 Å². The SMILES string of the molecule is CC(C)Cc1ccc(-c2ccc3c(c2)-c2ccccc2C3c2ccc(C3(c4ccc(B5OC(C)(C)C(C)(C)O5)cc4)c4ccccc4-c4ccccc43)cc2)cc1. The van der Waals surface area contributed by atoms with E-state index in [0.29, 0.717) is 5.92 Å². The third-order valence-electron chi connectivity index (χ3n) is 13.4. The monoisotopic (exact) mass is 740 g/mol. The molecular weight excluding hydrogens is 691 g/mol. The Morgan fingerprint density at radius 1 is 0.509 bits per heavy atom. The Hall–Kier alpha value is -5.48. The highest BCUT2D eigenvalue weighted by Crippen LogP contribution is 2.56. The van der Waals surface area contributed by atoms with Gasteiger partial charge in [0.15, 0.2) is 0 Å². The van der Waals surface area contributed by atoms with Gasteiger partial charge in [0.2, 0.25) is 0 Å². The molecular formula is C54H49BO2. The number of benzene rings is 7. The minimum atomic E-state index is -0.495. The van der Waals surface area contributed by atoms with Crippen LogP contribution in [0.2, 0.25) is 0 Å². The van der Waals surface area contributed by atoms with Crippen LogP contribution in [0, 0.1) is 5.92 Å². The Bertz CT molecular complexity index is 2570. The smallest absolute Gasteiger partial charge is 0.399 e. The molecule has 10 rings (SSSR count). The van der Waals surface area contributed by atoms with Crippen LogP contribution in [0.4, 0.5) is 0 Å². The molecule has 2 aliphatic carbocycles. The molecule has 57 heavy (non-hydrogen) atoms. The van der Waals surface area contributed by atoms with Crippen LogP contribution in [0.15, 0.2) is 164 Å². The first-order valence-electron chi connectivity index (χ1n) is 20.6. The van der Waals surface area contributed by atoms with Crippen molar-refractivity contribution in [3.63, 3.8) is 0 Å². The Morgan fingerprint density at radius 2 is 1.02 bits per heavy atom.